The van der Waals surface area contributed by atoms with Crippen LogP contribution in [-0.4, -0.2) is 20.9 Å². The molecule has 9 nitrogen and oxygen atoms in total. The van der Waals surface area contributed by atoms with Crippen LogP contribution in [0.25, 0.3) is 33.9 Å². The molecular weight excluding hydrogens is 504 g/mol. The third-order valence-electron chi connectivity index (χ3n) is 5.99. The Morgan fingerprint density at radius 1 is 1.03 bits per heavy atom. The van der Waals surface area contributed by atoms with Crippen molar-refractivity contribution in [3.8, 4) is 22.8 Å². The first-order valence-corrected chi connectivity index (χ1v) is 12.2. The molecule has 0 bridgehead atoms. The molecule has 0 atom stereocenters. The van der Waals surface area contributed by atoms with Crippen LogP contribution in [0.15, 0.2) is 81.6 Å². The fourth-order valence-corrected chi connectivity index (χ4v) is 4.11. The lowest BCUT2D eigenvalue weighted by Gasteiger charge is -2.12. The minimum absolute atomic E-state index is 0.0130. The number of oxazole rings is 1. The molecule has 0 spiro atoms. The summed E-state index contributed by atoms with van der Waals surface area (Å²) in [5.74, 6) is 0.263. The lowest BCUT2D eigenvalue weighted by molar-refractivity contribution is -0.384. The number of rotatable bonds is 6. The number of fused-ring (bicyclic) bond motifs is 1. The lowest BCUT2D eigenvalue weighted by atomic mass is 10.1. The van der Waals surface area contributed by atoms with Crippen molar-refractivity contribution in [3.63, 3.8) is 0 Å². The molecule has 0 aliphatic carbocycles. The highest BCUT2D eigenvalue weighted by Crippen LogP contribution is 2.29. The molecule has 2 aromatic heterocycles. The third-order valence-corrected chi connectivity index (χ3v) is 6.20. The molecule has 1 amide bonds. The predicted molar refractivity (Wildman–Crippen MR) is 148 cm³/mol. The average Bonchev–Trinajstić information content (AvgIpc) is 3.57. The fourth-order valence-electron chi connectivity index (χ4n) is 3.91. The Morgan fingerprint density at radius 3 is 2.66 bits per heavy atom. The van der Waals surface area contributed by atoms with Gasteiger partial charge in [-0.2, -0.15) is 0 Å². The Kier molecular flexibility index (Phi) is 6.71. The molecule has 5 aromatic rings. The number of nitro benzene ring substituents is 1. The van der Waals surface area contributed by atoms with Crippen molar-refractivity contribution in [2.45, 2.75) is 20.3 Å². The number of thiocarbonyl (C=S) groups is 1. The zero-order valence-electron chi connectivity index (χ0n) is 20.5. The number of furan rings is 1. The van der Waals surface area contributed by atoms with E-state index in [2.05, 4.69) is 22.5 Å². The highest BCUT2D eigenvalue weighted by atomic mass is 32.1. The first-order chi connectivity index (χ1) is 18.3. The molecule has 2 heterocycles. The third kappa shape index (κ3) is 5.16. The maximum Gasteiger partial charge on any atom is 0.293 e. The number of benzene rings is 3. The van der Waals surface area contributed by atoms with Gasteiger partial charge in [-0.05, 0) is 73.1 Å². The maximum atomic E-state index is 12.7. The van der Waals surface area contributed by atoms with Crippen molar-refractivity contribution in [2.75, 3.05) is 5.32 Å². The Labute approximate surface area is 222 Å². The molecule has 0 saturated carbocycles. The van der Waals surface area contributed by atoms with Crippen LogP contribution in [0.3, 0.4) is 0 Å². The van der Waals surface area contributed by atoms with Crippen molar-refractivity contribution in [1.82, 2.24) is 10.3 Å². The van der Waals surface area contributed by atoms with Gasteiger partial charge in [0.2, 0.25) is 5.89 Å². The maximum absolute atomic E-state index is 12.7. The first kappa shape index (κ1) is 24.8. The number of aryl methyl sites for hydroxylation is 2. The van der Waals surface area contributed by atoms with Crippen molar-refractivity contribution >= 4 is 45.7 Å². The Bertz CT molecular complexity index is 1700. The van der Waals surface area contributed by atoms with Gasteiger partial charge in [-0.1, -0.05) is 31.2 Å². The second kappa shape index (κ2) is 10.3. The number of anilines is 1. The van der Waals surface area contributed by atoms with E-state index < -0.39 is 10.8 Å². The normalized spacial score (nSPS) is 10.9. The number of non-ortho nitro benzene ring substituents is 1. The van der Waals surface area contributed by atoms with Crippen LogP contribution < -0.4 is 10.6 Å². The summed E-state index contributed by atoms with van der Waals surface area (Å²) < 4.78 is 11.6. The molecule has 5 rings (SSSR count). The smallest absolute Gasteiger partial charge is 0.293 e. The van der Waals surface area contributed by atoms with E-state index in [1.54, 1.807) is 18.2 Å². The van der Waals surface area contributed by atoms with E-state index in [9.17, 15) is 14.9 Å². The van der Waals surface area contributed by atoms with Gasteiger partial charge < -0.3 is 14.2 Å². The summed E-state index contributed by atoms with van der Waals surface area (Å²) in [6.07, 6.45) is 0.911. The predicted octanol–water partition coefficient (Wildman–Crippen LogP) is 6.66. The van der Waals surface area contributed by atoms with Crippen molar-refractivity contribution in [2.24, 2.45) is 0 Å². The average molecular weight is 527 g/mol. The standard InChI is InChI=1S/C28H22N4O5S/c1-3-17-8-10-24-22(13-17)29-27(37-24)19-9-7-16(2)21(15-19)30-28(38)31-26(33)25-12-11-23(36-25)18-5-4-6-20(14-18)32(34)35/h4-15H,3H2,1-2H3,(H2,30,31,33,38). The largest absolute Gasteiger partial charge is 0.451 e. The van der Waals surface area contributed by atoms with Crippen LogP contribution in [-0.2, 0) is 6.42 Å². The number of amides is 1. The quantitative estimate of drug-likeness (QED) is 0.143. The highest BCUT2D eigenvalue weighted by Gasteiger charge is 2.17. The van der Waals surface area contributed by atoms with E-state index in [1.165, 1.54) is 23.8 Å². The summed E-state index contributed by atoms with van der Waals surface area (Å²) in [5, 5.41) is 16.8. The van der Waals surface area contributed by atoms with Gasteiger partial charge in [-0.3, -0.25) is 20.2 Å². The van der Waals surface area contributed by atoms with E-state index in [0.29, 0.717) is 28.5 Å². The summed E-state index contributed by atoms with van der Waals surface area (Å²) in [6, 6.07) is 20.6. The summed E-state index contributed by atoms with van der Waals surface area (Å²) >= 11 is 5.36. The SMILES string of the molecule is CCc1ccc2oc(-c3ccc(C)c(NC(=S)NC(=O)c4ccc(-c5cccc([N+](=O)[O-])c5)o4)c3)nc2c1. The van der Waals surface area contributed by atoms with Crippen molar-refractivity contribution in [3.05, 3.63) is 99.8 Å². The Balaban J connectivity index is 1.29. The van der Waals surface area contributed by atoms with E-state index in [-0.39, 0.29) is 16.6 Å². The van der Waals surface area contributed by atoms with Crippen LogP contribution >= 0.6 is 12.2 Å². The van der Waals surface area contributed by atoms with E-state index in [0.717, 1.165) is 23.1 Å². The van der Waals surface area contributed by atoms with Crippen molar-refractivity contribution < 1.29 is 18.6 Å². The van der Waals surface area contributed by atoms with Gasteiger partial charge >= 0.3 is 0 Å². The van der Waals surface area contributed by atoms with Crippen LogP contribution in [0.1, 0.15) is 28.6 Å². The molecule has 2 N–H and O–H groups in total. The molecule has 10 heteroatoms. The molecule has 38 heavy (non-hydrogen) atoms. The molecule has 0 radical (unpaired) electrons. The van der Waals surface area contributed by atoms with E-state index in [1.807, 2.05) is 43.3 Å². The minimum Gasteiger partial charge on any atom is -0.451 e. The summed E-state index contributed by atoms with van der Waals surface area (Å²) in [7, 11) is 0. The number of carbonyl (C=O) groups is 1. The van der Waals surface area contributed by atoms with Gasteiger partial charge in [-0.25, -0.2) is 4.98 Å². The molecule has 3 aromatic carbocycles. The number of hydrogen-bond acceptors (Lipinski definition) is 7. The zero-order valence-corrected chi connectivity index (χ0v) is 21.3. The number of nitro groups is 1. The molecule has 0 aliphatic heterocycles. The number of nitrogens with one attached hydrogen (secondary N) is 2. The van der Waals surface area contributed by atoms with Crippen LogP contribution in [0.4, 0.5) is 11.4 Å². The number of carbonyl (C=O) groups excluding carboxylic acids is 1. The first-order valence-electron chi connectivity index (χ1n) is 11.8. The van der Waals surface area contributed by atoms with E-state index >= 15 is 0 Å². The van der Waals surface area contributed by atoms with Gasteiger partial charge in [-0.15, -0.1) is 0 Å². The van der Waals surface area contributed by atoms with Gasteiger partial charge in [0.25, 0.3) is 11.6 Å². The second-order valence-electron chi connectivity index (χ2n) is 8.58. The van der Waals surface area contributed by atoms with Gasteiger partial charge in [0, 0.05) is 28.9 Å². The zero-order chi connectivity index (χ0) is 26.8. The van der Waals surface area contributed by atoms with Crippen molar-refractivity contribution in [1.29, 1.82) is 0 Å². The van der Waals surface area contributed by atoms with Crippen LogP contribution in [0, 0.1) is 17.0 Å². The van der Waals surface area contributed by atoms with Gasteiger partial charge in [0.1, 0.15) is 11.3 Å². The second-order valence-corrected chi connectivity index (χ2v) is 8.99. The lowest BCUT2D eigenvalue weighted by Crippen LogP contribution is -2.34. The van der Waals surface area contributed by atoms with E-state index in [4.69, 9.17) is 21.1 Å². The molecule has 0 saturated heterocycles. The molecule has 0 unspecified atom stereocenters. The topological polar surface area (TPSA) is 123 Å². The molecular formula is C28H22N4O5S. The summed E-state index contributed by atoms with van der Waals surface area (Å²) in [5.41, 5.74) is 5.43. The summed E-state index contributed by atoms with van der Waals surface area (Å²) in [4.78, 5) is 27.9. The minimum atomic E-state index is -0.557. The number of hydrogen-bond donors (Lipinski definition) is 2. The van der Waals surface area contributed by atoms with Crippen LogP contribution in [0.5, 0.6) is 0 Å². The van der Waals surface area contributed by atoms with Crippen LogP contribution in [0.2, 0.25) is 0 Å². The Morgan fingerprint density at radius 2 is 1.87 bits per heavy atom. The van der Waals surface area contributed by atoms with Gasteiger partial charge in [0.05, 0.1) is 4.92 Å². The number of nitrogens with zero attached hydrogens (tertiary/aromatic N) is 2. The molecule has 0 fully saturated rings. The monoisotopic (exact) mass is 526 g/mol. The Hall–Kier alpha value is -4.83. The highest BCUT2D eigenvalue weighted by molar-refractivity contribution is 7.80. The fraction of sp³-hybridized carbons (Fsp3) is 0.107. The summed E-state index contributed by atoms with van der Waals surface area (Å²) in [6.45, 7) is 4.00. The molecule has 0 aliphatic rings. The van der Waals surface area contributed by atoms with Gasteiger partial charge in [0.15, 0.2) is 16.5 Å². The molecule has 190 valence electrons. The number of aromatic nitrogens is 1.